The molecule has 3 nitrogen and oxygen atoms in total. The van der Waals surface area contributed by atoms with E-state index < -0.39 is 0 Å². The highest BCUT2D eigenvalue weighted by Crippen LogP contribution is 2.23. The first-order valence-electron chi connectivity index (χ1n) is 5.76. The molecule has 18 heavy (non-hydrogen) atoms. The van der Waals surface area contributed by atoms with Gasteiger partial charge in [0.1, 0.15) is 0 Å². The van der Waals surface area contributed by atoms with Crippen LogP contribution < -0.4 is 5.32 Å². The van der Waals surface area contributed by atoms with Crippen LogP contribution in [0.15, 0.2) is 15.2 Å². The van der Waals surface area contributed by atoms with Gasteiger partial charge in [0.25, 0.3) is 0 Å². The number of carbonyl (C=O) groups is 1. The molecule has 1 aliphatic rings. The molecule has 0 aromatic carbocycles. The van der Waals surface area contributed by atoms with Crippen LogP contribution in [0.3, 0.4) is 0 Å². The Morgan fingerprint density at radius 1 is 1.67 bits per heavy atom. The fraction of sp³-hybridized carbons (Fsp3) is 0.583. The minimum atomic E-state index is 0. The van der Waals surface area contributed by atoms with E-state index in [-0.39, 0.29) is 24.2 Å². The number of nitrogens with zero attached hydrogens (tertiary/aromatic N) is 1. The second-order valence-corrected chi connectivity index (χ2v) is 6.95. The molecule has 0 radical (unpaired) electrons. The zero-order chi connectivity index (χ0) is 12.4. The van der Waals surface area contributed by atoms with Gasteiger partial charge in [-0.25, -0.2) is 0 Å². The predicted molar refractivity (Wildman–Crippen MR) is 81.3 cm³/mol. The van der Waals surface area contributed by atoms with Gasteiger partial charge >= 0.3 is 0 Å². The lowest BCUT2D eigenvalue weighted by Crippen LogP contribution is -2.49. The molecule has 1 aromatic heterocycles. The molecule has 1 N–H and O–H groups in total. The zero-order valence-corrected chi connectivity index (χ0v) is 13.7. The number of hydrogen-bond donors (Lipinski definition) is 1. The third-order valence-corrected chi connectivity index (χ3v) is 4.88. The quantitative estimate of drug-likeness (QED) is 0.902. The Balaban J connectivity index is 0.00000162. The maximum atomic E-state index is 12.2. The summed E-state index contributed by atoms with van der Waals surface area (Å²) in [5.41, 5.74) is 1.19. The van der Waals surface area contributed by atoms with Crippen molar-refractivity contribution in [2.24, 2.45) is 11.8 Å². The Bertz CT molecular complexity index is 409. The number of hydrogen-bond acceptors (Lipinski definition) is 3. The van der Waals surface area contributed by atoms with Crippen LogP contribution in [0.1, 0.15) is 12.5 Å². The lowest BCUT2D eigenvalue weighted by atomic mass is 9.88. The van der Waals surface area contributed by atoms with Gasteiger partial charge in [-0.15, -0.1) is 23.7 Å². The first kappa shape index (κ1) is 16.0. The van der Waals surface area contributed by atoms with Crippen molar-refractivity contribution in [3.8, 4) is 0 Å². The Morgan fingerprint density at radius 3 is 2.78 bits per heavy atom. The minimum Gasteiger partial charge on any atom is -0.341 e. The molecule has 2 rings (SSSR count). The molecule has 1 unspecified atom stereocenters. The topological polar surface area (TPSA) is 32.3 Å². The van der Waals surface area contributed by atoms with Gasteiger partial charge in [-0.1, -0.05) is 6.92 Å². The number of nitrogens with one attached hydrogen (secondary N) is 1. The molecule has 2 heterocycles. The first-order valence-corrected chi connectivity index (χ1v) is 7.44. The molecule has 1 aliphatic heterocycles. The van der Waals surface area contributed by atoms with Crippen molar-refractivity contribution >= 4 is 45.6 Å². The second-order valence-electron chi connectivity index (χ2n) is 4.66. The molecule has 1 aromatic rings. The van der Waals surface area contributed by atoms with Gasteiger partial charge in [-0.2, -0.15) is 0 Å². The van der Waals surface area contributed by atoms with E-state index in [4.69, 9.17) is 0 Å². The molecule has 0 spiro atoms. The standard InChI is InChI=1S/C12H17BrN2OS.ClH/c1-8(10-4-14-5-10)12(16)15(2)6-9-3-11(13)17-7-9;/h3,7-8,10,14H,4-6H2,1-2H3;1H. The molecule has 0 aliphatic carbocycles. The molecule has 1 atom stereocenters. The molecule has 102 valence electrons. The Hall–Kier alpha value is -0.100. The van der Waals surface area contributed by atoms with Crippen LogP contribution >= 0.6 is 39.7 Å². The molecule has 1 fully saturated rings. The van der Waals surface area contributed by atoms with E-state index in [0.717, 1.165) is 16.9 Å². The van der Waals surface area contributed by atoms with Crippen LogP contribution in [0.2, 0.25) is 0 Å². The van der Waals surface area contributed by atoms with Gasteiger partial charge < -0.3 is 10.2 Å². The van der Waals surface area contributed by atoms with Crippen LogP contribution in [-0.4, -0.2) is 30.9 Å². The maximum absolute atomic E-state index is 12.2. The number of carbonyl (C=O) groups excluding carboxylic acids is 1. The van der Waals surface area contributed by atoms with Crippen LogP contribution in [0, 0.1) is 11.8 Å². The predicted octanol–water partition coefficient (Wildman–Crippen LogP) is 2.75. The highest BCUT2D eigenvalue weighted by Gasteiger charge is 2.30. The highest BCUT2D eigenvalue weighted by molar-refractivity contribution is 9.11. The van der Waals surface area contributed by atoms with E-state index in [9.17, 15) is 4.79 Å². The SMILES string of the molecule is CC(C(=O)N(C)Cc1csc(Br)c1)C1CNC1.Cl. The van der Waals surface area contributed by atoms with Crippen molar-refractivity contribution in [1.29, 1.82) is 0 Å². The van der Waals surface area contributed by atoms with E-state index in [1.165, 1.54) is 5.56 Å². The van der Waals surface area contributed by atoms with Crippen molar-refractivity contribution in [2.45, 2.75) is 13.5 Å². The third kappa shape index (κ3) is 3.70. The molecule has 0 saturated carbocycles. The van der Waals surface area contributed by atoms with Gasteiger partial charge in [-0.3, -0.25) is 4.79 Å². The van der Waals surface area contributed by atoms with Crippen molar-refractivity contribution < 1.29 is 4.79 Å². The minimum absolute atomic E-state index is 0. The fourth-order valence-corrected chi connectivity index (χ4v) is 3.19. The second kappa shape index (κ2) is 6.89. The summed E-state index contributed by atoms with van der Waals surface area (Å²) in [6, 6.07) is 2.07. The molecule has 1 saturated heterocycles. The summed E-state index contributed by atoms with van der Waals surface area (Å²) in [5, 5.41) is 5.30. The van der Waals surface area contributed by atoms with Gasteiger partial charge in [-0.05, 0) is 51.9 Å². The lowest BCUT2D eigenvalue weighted by molar-refractivity contribution is -0.136. The van der Waals surface area contributed by atoms with Crippen molar-refractivity contribution in [1.82, 2.24) is 10.2 Å². The fourth-order valence-electron chi connectivity index (χ4n) is 1.99. The van der Waals surface area contributed by atoms with E-state index in [0.29, 0.717) is 12.5 Å². The Labute approximate surface area is 126 Å². The van der Waals surface area contributed by atoms with Crippen LogP contribution in [0.5, 0.6) is 0 Å². The smallest absolute Gasteiger partial charge is 0.225 e. The van der Waals surface area contributed by atoms with Crippen molar-refractivity contribution in [2.75, 3.05) is 20.1 Å². The summed E-state index contributed by atoms with van der Waals surface area (Å²) in [4.78, 5) is 14.0. The summed E-state index contributed by atoms with van der Waals surface area (Å²) < 4.78 is 1.12. The van der Waals surface area contributed by atoms with Crippen molar-refractivity contribution in [3.63, 3.8) is 0 Å². The van der Waals surface area contributed by atoms with E-state index in [2.05, 4.69) is 32.7 Å². The molecule has 6 heteroatoms. The van der Waals surface area contributed by atoms with Crippen LogP contribution in [0.25, 0.3) is 0 Å². The summed E-state index contributed by atoms with van der Waals surface area (Å²) >= 11 is 5.10. The van der Waals surface area contributed by atoms with Crippen LogP contribution in [0.4, 0.5) is 0 Å². The normalized spacial score (nSPS) is 16.6. The summed E-state index contributed by atoms with van der Waals surface area (Å²) in [7, 11) is 1.89. The maximum Gasteiger partial charge on any atom is 0.225 e. The molecular formula is C12H18BrClN2OS. The summed E-state index contributed by atoms with van der Waals surface area (Å²) in [6.45, 7) is 4.69. The van der Waals surface area contributed by atoms with E-state index in [1.807, 2.05) is 18.9 Å². The zero-order valence-electron chi connectivity index (χ0n) is 10.5. The first-order chi connectivity index (χ1) is 8.08. The molecule has 1 amide bonds. The number of amides is 1. The Kier molecular flexibility index (Phi) is 6.11. The Morgan fingerprint density at radius 2 is 2.33 bits per heavy atom. The summed E-state index contributed by atoms with van der Waals surface area (Å²) in [6.07, 6.45) is 0. The van der Waals surface area contributed by atoms with Gasteiger partial charge in [0.05, 0.1) is 3.79 Å². The largest absolute Gasteiger partial charge is 0.341 e. The molecule has 0 bridgehead atoms. The van der Waals surface area contributed by atoms with Gasteiger partial charge in [0.15, 0.2) is 0 Å². The van der Waals surface area contributed by atoms with Gasteiger partial charge in [0.2, 0.25) is 5.91 Å². The highest BCUT2D eigenvalue weighted by atomic mass is 79.9. The van der Waals surface area contributed by atoms with Crippen LogP contribution in [-0.2, 0) is 11.3 Å². The van der Waals surface area contributed by atoms with Gasteiger partial charge in [0, 0.05) is 19.5 Å². The number of halogens is 2. The van der Waals surface area contributed by atoms with Crippen molar-refractivity contribution in [3.05, 3.63) is 20.8 Å². The monoisotopic (exact) mass is 352 g/mol. The summed E-state index contributed by atoms with van der Waals surface area (Å²) in [5.74, 6) is 0.890. The van der Waals surface area contributed by atoms with E-state index in [1.54, 1.807) is 11.3 Å². The van der Waals surface area contributed by atoms with E-state index >= 15 is 0 Å². The number of rotatable bonds is 4. The number of thiophene rings is 1. The average molecular weight is 354 g/mol. The average Bonchev–Trinajstić information content (AvgIpc) is 2.60. The molecular weight excluding hydrogens is 336 g/mol. The lowest BCUT2D eigenvalue weighted by Gasteiger charge is -2.33. The third-order valence-electron chi connectivity index (χ3n) is 3.33.